The summed E-state index contributed by atoms with van der Waals surface area (Å²) in [6.07, 6.45) is 0.420. The zero-order chi connectivity index (χ0) is 19.1. The van der Waals surface area contributed by atoms with Gasteiger partial charge in [-0.1, -0.05) is 13.8 Å². The van der Waals surface area contributed by atoms with Crippen molar-refractivity contribution in [2.45, 2.75) is 39.8 Å². The number of carbonyl (C=O) groups excluding carboxylic acids is 2. The first kappa shape index (κ1) is 17.4. The maximum absolute atomic E-state index is 12.4. The number of amides is 1. The van der Waals surface area contributed by atoms with E-state index in [9.17, 15) is 9.59 Å². The lowest BCUT2D eigenvalue weighted by molar-refractivity contribution is -0.118. The van der Waals surface area contributed by atoms with Crippen molar-refractivity contribution in [1.82, 2.24) is 10.2 Å². The summed E-state index contributed by atoms with van der Waals surface area (Å²) in [6, 6.07) is 5.13. The van der Waals surface area contributed by atoms with Gasteiger partial charge in [0.05, 0.1) is 5.69 Å². The lowest BCUT2D eigenvalue weighted by Crippen LogP contribution is -2.27. The molecule has 1 unspecified atom stereocenters. The zero-order valence-corrected chi connectivity index (χ0v) is 15.5. The maximum atomic E-state index is 12.4. The predicted octanol–water partition coefficient (Wildman–Crippen LogP) is 2.77. The molecule has 0 saturated carbocycles. The van der Waals surface area contributed by atoms with E-state index in [1.165, 1.54) is 0 Å². The minimum absolute atomic E-state index is 0.00452. The average Bonchev–Trinajstić information content (AvgIpc) is 3.28. The van der Waals surface area contributed by atoms with Crippen LogP contribution in [-0.4, -0.2) is 28.7 Å². The van der Waals surface area contributed by atoms with Gasteiger partial charge in [0, 0.05) is 30.3 Å². The molecule has 1 aromatic carbocycles. The van der Waals surface area contributed by atoms with E-state index in [-0.39, 0.29) is 24.4 Å². The van der Waals surface area contributed by atoms with Crippen molar-refractivity contribution in [3.8, 4) is 11.5 Å². The molecule has 1 amide bonds. The summed E-state index contributed by atoms with van der Waals surface area (Å²) in [6.45, 7) is 6.19. The summed E-state index contributed by atoms with van der Waals surface area (Å²) < 4.78 is 10.8. The number of ether oxygens (including phenoxy) is 2. The summed E-state index contributed by atoms with van der Waals surface area (Å²) in [5.74, 6) is 2.01. The number of hydrogen-bond acceptors (Lipinski definition) is 6. The van der Waals surface area contributed by atoms with Crippen molar-refractivity contribution >= 4 is 23.2 Å². The summed E-state index contributed by atoms with van der Waals surface area (Å²) in [7, 11) is 0. The van der Waals surface area contributed by atoms with E-state index < -0.39 is 6.04 Å². The van der Waals surface area contributed by atoms with Gasteiger partial charge < -0.3 is 19.7 Å². The number of hydrogen-bond donors (Lipinski definition) is 2. The van der Waals surface area contributed by atoms with Crippen LogP contribution in [0.4, 0.5) is 11.5 Å². The lowest BCUT2D eigenvalue weighted by atomic mass is 10.1. The molecule has 0 fully saturated rings. The van der Waals surface area contributed by atoms with Crippen molar-refractivity contribution < 1.29 is 19.1 Å². The van der Waals surface area contributed by atoms with E-state index in [1.54, 1.807) is 6.92 Å². The minimum atomic E-state index is -0.483. The number of H-pyrrole nitrogens is 1. The molecule has 2 N–H and O–H groups in total. The van der Waals surface area contributed by atoms with E-state index in [0.717, 1.165) is 16.9 Å². The maximum Gasteiger partial charge on any atom is 0.231 e. The molecule has 2 aliphatic rings. The zero-order valence-electron chi connectivity index (χ0n) is 15.5. The first-order chi connectivity index (χ1) is 12.9. The van der Waals surface area contributed by atoms with Crippen LogP contribution in [0.3, 0.4) is 0 Å². The van der Waals surface area contributed by atoms with Gasteiger partial charge in [-0.05, 0) is 25.0 Å². The highest BCUT2D eigenvalue weighted by atomic mass is 16.7. The quantitative estimate of drug-likeness (QED) is 0.840. The molecule has 8 nitrogen and oxygen atoms in total. The minimum Gasteiger partial charge on any atom is -0.454 e. The SMILES string of the molecule is CC(=O)C1c2[nH]nc(NC(=O)CC(C)C)c2CN1c1ccc2c(c1)OCO2. The van der Waals surface area contributed by atoms with Gasteiger partial charge in [-0.3, -0.25) is 14.7 Å². The van der Waals surface area contributed by atoms with Crippen LogP contribution < -0.4 is 19.7 Å². The molecule has 0 aliphatic carbocycles. The van der Waals surface area contributed by atoms with Crippen LogP contribution in [0.5, 0.6) is 11.5 Å². The number of aromatic amines is 1. The van der Waals surface area contributed by atoms with Crippen molar-refractivity contribution in [3.05, 3.63) is 29.5 Å². The molecule has 0 radical (unpaired) electrons. The summed E-state index contributed by atoms with van der Waals surface area (Å²) in [5, 5.41) is 10.0. The Bertz CT molecular complexity index is 905. The van der Waals surface area contributed by atoms with E-state index in [2.05, 4.69) is 15.5 Å². The first-order valence-corrected chi connectivity index (χ1v) is 8.97. The Morgan fingerprint density at radius 3 is 2.85 bits per heavy atom. The Labute approximate surface area is 156 Å². The molecule has 1 atom stereocenters. The number of aromatic nitrogens is 2. The Kier molecular flexibility index (Phi) is 4.25. The Morgan fingerprint density at radius 2 is 2.11 bits per heavy atom. The lowest BCUT2D eigenvalue weighted by Gasteiger charge is -2.25. The second-order valence-electron chi connectivity index (χ2n) is 7.29. The number of benzene rings is 1. The number of anilines is 2. The van der Waals surface area contributed by atoms with Crippen LogP contribution in [-0.2, 0) is 16.1 Å². The molecule has 2 aliphatic heterocycles. The molecule has 0 saturated heterocycles. The third-order valence-corrected chi connectivity index (χ3v) is 4.74. The molecule has 0 spiro atoms. The number of fused-ring (bicyclic) bond motifs is 2. The third kappa shape index (κ3) is 3.11. The highest BCUT2D eigenvalue weighted by Gasteiger charge is 2.38. The van der Waals surface area contributed by atoms with E-state index >= 15 is 0 Å². The van der Waals surface area contributed by atoms with E-state index in [0.29, 0.717) is 30.3 Å². The van der Waals surface area contributed by atoms with Crippen LogP contribution in [0.1, 0.15) is 44.5 Å². The molecule has 4 rings (SSSR count). The second kappa shape index (κ2) is 6.61. The van der Waals surface area contributed by atoms with Gasteiger partial charge in [-0.15, -0.1) is 0 Å². The van der Waals surface area contributed by atoms with Crippen LogP contribution in [0.2, 0.25) is 0 Å². The van der Waals surface area contributed by atoms with Gasteiger partial charge in [0.1, 0.15) is 6.04 Å². The molecule has 27 heavy (non-hydrogen) atoms. The fourth-order valence-electron chi connectivity index (χ4n) is 3.57. The smallest absolute Gasteiger partial charge is 0.231 e. The first-order valence-electron chi connectivity index (χ1n) is 8.97. The van der Waals surface area contributed by atoms with E-state index in [4.69, 9.17) is 9.47 Å². The molecular formula is C19H22N4O4. The number of ketones is 1. The molecule has 0 bridgehead atoms. The van der Waals surface area contributed by atoms with E-state index in [1.807, 2.05) is 36.9 Å². The van der Waals surface area contributed by atoms with Gasteiger partial charge in [0.15, 0.2) is 23.1 Å². The topological polar surface area (TPSA) is 96.5 Å². The second-order valence-corrected chi connectivity index (χ2v) is 7.29. The molecule has 8 heteroatoms. The Balaban J connectivity index is 1.63. The molecule has 142 valence electrons. The number of nitrogens with one attached hydrogen (secondary N) is 2. The molecular weight excluding hydrogens is 348 g/mol. The van der Waals surface area contributed by atoms with Gasteiger partial charge in [-0.25, -0.2) is 0 Å². The fourth-order valence-corrected chi connectivity index (χ4v) is 3.57. The van der Waals surface area contributed by atoms with Crippen molar-refractivity contribution in [3.63, 3.8) is 0 Å². The number of Topliss-reactive ketones (excluding diaryl/α,β-unsaturated/α-hetero) is 1. The van der Waals surface area contributed by atoms with Crippen LogP contribution >= 0.6 is 0 Å². The van der Waals surface area contributed by atoms with Crippen LogP contribution in [0.25, 0.3) is 0 Å². The van der Waals surface area contributed by atoms with Crippen molar-refractivity contribution in [1.29, 1.82) is 0 Å². The van der Waals surface area contributed by atoms with Crippen molar-refractivity contribution in [2.75, 3.05) is 17.0 Å². The Hall–Kier alpha value is -3.03. The highest BCUT2D eigenvalue weighted by molar-refractivity contribution is 5.93. The summed E-state index contributed by atoms with van der Waals surface area (Å²) in [5.41, 5.74) is 2.41. The Morgan fingerprint density at radius 1 is 1.33 bits per heavy atom. The van der Waals surface area contributed by atoms with Gasteiger partial charge >= 0.3 is 0 Å². The average molecular weight is 370 g/mol. The van der Waals surface area contributed by atoms with Crippen LogP contribution in [0, 0.1) is 5.92 Å². The number of nitrogens with zero attached hydrogens (tertiary/aromatic N) is 2. The molecule has 3 heterocycles. The third-order valence-electron chi connectivity index (χ3n) is 4.74. The van der Waals surface area contributed by atoms with Crippen molar-refractivity contribution in [2.24, 2.45) is 5.92 Å². The van der Waals surface area contributed by atoms with Gasteiger partial charge in [0.25, 0.3) is 0 Å². The van der Waals surface area contributed by atoms with Crippen LogP contribution in [0.15, 0.2) is 18.2 Å². The predicted molar refractivity (Wildman–Crippen MR) is 98.8 cm³/mol. The molecule has 1 aromatic heterocycles. The monoisotopic (exact) mass is 370 g/mol. The summed E-state index contributed by atoms with van der Waals surface area (Å²) in [4.78, 5) is 26.5. The largest absolute Gasteiger partial charge is 0.454 e. The molecule has 2 aromatic rings. The highest BCUT2D eigenvalue weighted by Crippen LogP contribution is 2.43. The van der Waals surface area contributed by atoms with Gasteiger partial charge in [-0.2, -0.15) is 5.10 Å². The number of carbonyl (C=O) groups is 2. The standard InChI is InChI=1S/C19H22N4O4/c1-10(2)6-16(25)20-19-13-8-23(18(11(3)24)17(13)21-22-19)12-4-5-14-15(7-12)27-9-26-14/h4-5,7,10,18H,6,8-9H2,1-3H3,(H2,20,21,22,25). The summed E-state index contributed by atoms with van der Waals surface area (Å²) >= 11 is 0. The number of rotatable bonds is 5. The van der Waals surface area contributed by atoms with Gasteiger partial charge in [0.2, 0.25) is 12.7 Å². The fraction of sp³-hybridized carbons (Fsp3) is 0.421. The normalized spacial score (nSPS) is 17.3.